The number of hydrogen-bond donors (Lipinski definition) is 4. The maximum Gasteiger partial charge on any atom is 0.241 e. The molecule has 0 amide bonds. The highest BCUT2D eigenvalue weighted by atomic mass is 32.2. The van der Waals surface area contributed by atoms with Crippen LogP contribution in [0.5, 0.6) is 0 Å². The van der Waals surface area contributed by atoms with Crippen molar-refractivity contribution >= 4 is 15.7 Å². The van der Waals surface area contributed by atoms with Crippen molar-refractivity contribution in [2.75, 3.05) is 18.9 Å². The smallest absolute Gasteiger partial charge is 0.241 e. The molecule has 19 heavy (non-hydrogen) atoms. The van der Waals surface area contributed by atoms with Crippen LogP contribution in [0.3, 0.4) is 0 Å². The monoisotopic (exact) mass is 292 g/mol. The second-order valence-corrected chi connectivity index (χ2v) is 5.92. The fraction of sp³-hybridized carbons (Fsp3) is 0.455. The van der Waals surface area contributed by atoms with Crippen LogP contribution < -0.4 is 10.5 Å². The molecule has 1 aromatic carbocycles. The van der Waals surface area contributed by atoms with Crippen molar-refractivity contribution in [3.05, 3.63) is 24.0 Å². The first kappa shape index (κ1) is 15.8. The van der Waals surface area contributed by atoms with E-state index < -0.39 is 34.6 Å². The van der Waals surface area contributed by atoms with Crippen molar-refractivity contribution < 1.29 is 23.0 Å². The first-order valence-electron chi connectivity index (χ1n) is 5.61. The SMILES string of the molecule is CCC(CO)(CO)NS(=O)(=O)c1ccc(F)c(N)c1. The predicted octanol–water partition coefficient (Wildman–Crippen LogP) is -0.180. The summed E-state index contributed by atoms with van der Waals surface area (Å²) in [5.41, 5.74) is 3.66. The second-order valence-electron chi connectivity index (χ2n) is 4.24. The topological polar surface area (TPSA) is 113 Å². The van der Waals surface area contributed by atoms with Crippen molar-refractivity contribution in [2.24, 2.45) is 0 Å². The number of aliphatic hydroxyl groups excluding tert-OH is 2. The molecule has 0 saturated carbocycles. The Morgan fingerprint density at radius 2 is 1.95 bits per heavy atom. The van der Waals surface area contributed by atoms with E-state index in [1.54, 1.807) is 6.92 Å². The lowest BCUT2D eigenvalue weighted by atomic mass is 10.0. The molecule has 0 bridgehead atoms. The van der Waals surface area contributed by atoms with E-state index in [1.807, 2.05) is 0 Å². The molecule has 0 atom stereocenters. The Labute approximate surface area is 111 Å². The Morgan fingerprint density at radius 3 is 2.37 bits per heavy atom. The van der Waals surface area contributed by atoms with Gasteiger partial charge < -0.3 is 15.9 Å². The minimum absolute atomic E-state index is 0.190. The van der Waals surface area contributed by atoms with Crippen LogP contribution in [-0.2, 0) is 10.0 Å². The van der Waals surface area contributed by atoms with Crippen molar-refractivity contribution in [3.63, 3.8) is 0 Å². The number of halogens is 1. The molecule has 8 heteroatoms. The summed E-state index contributed by atoms with van der Waals surface area (Å²) in [6.45, 7) is 0.500. The molecule has 1 rings (SSSR count). The van der Waals surface area contributed by atoms with Gasteiger partial charge in [-0.1, -0.05) is 6.92 Å². The highest BCUT2D eigenvalue weighted by Gasteiger charge is 2.32. The lowest BCUT2D eigenvalue weighted by Gasteiger charge is -2.29. The van der Waals surface area contributed by atoms with E-state index in [2.05, 4.69) is 4.72 Å². The average Bonchev–Trinajstić information content (AvgIpc) is 2.39. The Morgan fingerprint density at radius 1 is 1.37 bits per heavy atom. The van der Waals surface area contributed by atoms with Crippen LogP contribution in [0, 0.1) is 5.82 Å². The lowest BCUT2D eigenvalue weighted by molar-refractivity contribution is 0.105. The first-order valence-corrected chi connectivity index (χ1v) is 7.09. The van der Waals surface area contributed by atoms with E-state index in [1.165, 1.54) is 0 Å². The van der Waals surface area contributed by atoms with E-state index in [0.29, 0.717) is 0 Å². The fourth-order valence-corrected chi connectivity index (χ4v) is 2.93. The van der Waals surface area contributed by atoms with Crippen molar-refractivity contribution in [2.45, 2.75) is 23.8 Å². The zero-order chi connectivity index (χ0) is 14.7. The summed E-state index contributed by atoms with van der Waals surface area (Å²) in [7, 11) is -4.01. The third-order valence-electron chi connectivity index (χ3n) is 2.91. The number of nitrogens with two attached hydrogens (primary N) is 1. The van der Waals surface area contributed by atoms with Gasteiger partial charge in [-0.05, 0) is 24.6 Å². The van der Waals surface area contributed by atoms with Gasteiger partial charge in [0.05, 0.1) is 29.3 Å². The summed E-state index contributed by atoms with van der Waals surface area (Å²) in [6, 6.07) is 2.98. The second kappa shape index (κ2) is 5.83. The van der Waals surface area contributed by atoms with E-state index in [9.17, 15) is 23.0 Å². The Balaban J connectivity index is 3.14. The summed E-state index contributed by atoms with van der Waals surface area (Å²) >= 11 is 0. The lowest BCUT2D eigenvalue weighted by Crippen LogP contribution is -2.53. The summed E-state index contributed by atoms with van der Waals surface area (Å²) in [5.74, 6) is -0.718. The molecule has 0 aliphatic rings. The van der Waals surface area contributed by atoms with Crippen LogP contribution in [0.15, 0.2) is 23.1 Å². The molecule has 0 unspecified atom stereocenters. The Bertz CT molecular complexity index is 535. The molecule has 6 nitrogen and oxygen atoms in total. The quantitative estimate of drug-likeness (QED) is 0.543. The van der Waals surface area contributed by atoms with Crippen molar-refractivity contribution in [3.8, 4) is 0 Å². The van der Waals surface area contributed by atoms with Gasteiger partial charge in [-0.25, -0.2) is 17.5 Å². The van der Waals surface area contributed by atoms with Crippen LogP contribution in [0.2, 0.25) is 0 Å². The van der Waals surface area contributed by atoms with Crippen molar-refractivity contribution in [1.82, 2.24) is 4.72 Å². The summed E-state index contributed by atoms with van der Waals surface area (Å²) in [4.78, 5) is -0.230. The molecule has 0 heterocycles. The predicted molar refractivity (Wildman–Crippen MR) is 68.3 cm³/mol. The minimum Gasteiger partial charge on any atom is -0.396 e. The average molecular weight is 292 g/mol. The first-order chi connectivity index (χ1) is 8.80. The molecule has 0 aliphatic carbocycles. The standard InChI is InChI=1S/C11H17FN2O4S/c1-2-11(6-15,7-16)14-19(17,18)8-3-4-9(12)10(13)5-8/h3-5,14-16H,2,6-7,13H2,1H3. The molecule has 1 aromatic rings. The van der Waals surface area contributed by atoms with Crippen LogP contribution in [-0.4, -0.2) is 37.4 Å². The van der Waals surface area contributed by atoms with Gasteiger partial charge in [0.25, 0.3) is 0 Å². The molecule has 0 aromatic heterocycles. The van der Waals surface area contributed by atoms with E-state index in [-0.39, 0.29) is 17.0 Å². The number of nitrogens with one attached hydrogen (secondary N) is 1. The molecule has 0 aliphatic heterocycles. The highest BCUT2D eigenvalue weighted by Crippen LogP contribution is 2.19. The normalized spacial score (nSPS) is 12.6. The number of rotatable bonds is 6. The van der Waals surface area contributed by atoms with E-state index in [0.717, 1.165) is 18.2 Å². The molecule has 0 radical (unpaired) electrons. The number of sulfonamides is 1. The van der Waals surface area contributed by atoms with Gasteiger partial charge in [0.2, 0.25) is 10.0 Å². The Kier molecular flexibility index (Phi) is 4.86. The van der Waals surface area contributed by atoms with Gasteiger partial charge in [-0.2, -0.15) is 0 Å². The summed E-state index contributed by atoms with van der Waals surface area (Å²) in [5, 5.41) is 18.4. The fourth-order valence-electron chi connectivity index (χ4n) is 1.44. The van der Waals surface area contributed by atoms with E-state index >= 15 is 0 Å². The van der Waals surface area contributed by atoms with Gasteiger partial charge in [0, 0.05) is 0 Å². The van der Waals surface area contributed by atoms with Gasteiger partial charge >= 0.3 is 0 Å². The van der Waals surface area contributed by atoms with Gasteiger partial charge in [0.1, 0.15) is 5.82 Å². The summed E-state index contributed by atoms with van der Waals surface area (Å²) in [6.07, 6.45) is 0.190. The number of hydrogen-bond acceptors (Lipinski definition) is 5. The summed E-state index contributed by atoms with van der Waals surface area (Å²) < 4.78 is 39.4. The molecular weight excluding hydrogens is 275 g/mol. The highest BCUT2D eigenvalue weighted by molar-refractivity contribution is 7.89. The number of benzene rings is 1. The number of nitrogen functional groups attached to an aromatic ring is 1. The van der Waals surface area contributed by atoms with Gasteiger partial charge in [-0.3, -0.25) is 0 Å². The van der Waals surface area contributed by atoms with Crippen LogP contribution in [0.25, 0.3) is 0 Å². The number of aliphatic hydroxyl groups is 2. The largest absolute Gasteiger partial charge is 0.396 e. The molecular formula is C11H17FN2O4S. The maximum absolute atomic E-state index is 13.0. The van der Waals surface area contributed by atoms with Gasteiger partial charge in [-0.15, -0.1) is 0 Å². The molecule has 108 valence electrons. The minimum atomic E-state index is -4.01. The third-order valence-corrected chi connectivity index (χ3v) is 4.49. The van der Waals surface area contributed by atoms with E-state index in [4.69, 9.17) is 5.73 Å². The Hall–Kier alpha value is -1.22. The van der Waals surface area contributed by atoms with Crippen molar-refractivity contribution in [1.29, 1.82) is 0 Å². The maximum atomic E-state index is 13.0. The third kappa shape index (κ3) is 3.41. The zero-order valence-corrected chi connectivity index (χ0v) is 11.2. The van der Waals surface area contributed by atoms with Crippen LogP contribution in [0.1, 0.15) is 13.3 Å². The number of anilines is 1. The molecule has 0 saturated heterocycles. The molecule has 0 spiro atoms. The van der Waals surface area contributed by atoms with Crippen LogP contribution in [0.4, 0.5) is 10.1 Å². The molecule has 0 fully saturated rings. The molecule has 5 N–H and O–H groups in total. The zero-order valence-electron chi connectivity index (χ0n) is 10.4. The van der Waals surface area contributed by atoms with Crippen LogP contribution >= 0.6 is 0 Å². The van der Waals surface area contributed by atoms with Gasteiger partial charge in [0.15, 0.2) is 0 Å².